The molecular formula is C14H12N4OS. The molecule has 2 aromatic rings. The topological polar surface area (TPSA) is 70.3 Å². The van der Waals surface area contributed by atoms with Crippen LogP contribution >= 0.6 is 11.8 Å². The molecule has 5 nitrogen and oxygen atoms in total. The maximum Gasteiger partial charge on any atom is 0.183 e. The van der Waals surface area contributed by atoms with Crippen LogP contribution in [0.2, 0.25) is 0 Å². The number of rotatable bonds is 3. The average molecular weight is 284 g/mol. The summed E-state index contributed by atoms with van der Waals surface area (Å²) >= 11 is 1.35. The molecule has 0 bridgehead atoms. The second-order valence-electron chi connectivity index (χ2n) is 3.62. The Balaban J connectivity index is 2.29. The molecule has 100 valence electrons. The van der Waals surface area contributed by atoms with Gasteiger partial charge in [-0.3, -0.25) is 10.3 Å². The summed E-state index contributed by atoms with van der Waals surface area (Å²) in [6.45, 7) is 0. The lowest BCUT2D eigenvalue weighted by molar-refractivity contribution is 0.481. The molecule has 1 N–H and O–H groups in total. The van der Waals surface area contributed by atoms with Crippen molar-refractivity contribution in [1.82, 2.24) is 10.3 Å². The number of para-hydroxylation sites is 2. The number of aliphatic imine (C=N–C) groups is 1. The van der Waals surface area contributed by atoms with Crippen molar-refractivity contribution in [2.24, 2.45) is 4.99 Å². The molecular weight excluding hydrogens is 272 g/mol. The van der Waals surface area contributed by atoms with Crippen LogP contribution in [0.4, 0.5) is 5.69 Å². The van der Waals surface area contributed by atoms with Crippen LogP contribution in [0, 0.1) is 11.5 Å². The minimum absolute atomic E-state index is 0.509. The highest BCUT2D eigenvalue weighted by Gasteiger charge is 2.05. The summed E-state index contributed by atoms with van der Waals surface area (Å²) in [4.78, 5) is 8.36. The molecule has 0 saturated heterocycles. The van der Waals surface area contributed by atoms with E-state index in [1.54, 1.807) is 18.5 Å². The Morgan fingerprint density at radius 2 is 2.20 bits per heavy atom. The minimum Gasteiger partial charge on any atom is -0.453 e. The summed E-state index contributed by atoms with van der Waals surface area (Å²) < 4.78 is 5.74. The third-order valence-corrected chi connectivity index (χ3v) is 2.89. The zero-order valence-corrected chi connectivity index (χ0v) is 11.6. The quantitative estimate of drug-likeness (QED) is 0.405. The summed E-state index contributed by atoms with van der Waals surface area (Å²) in [5.74, 6) is 1.24. The van der Waals surface area contributed by atoms with Gasteiger partial charge in [0.25, 0.3) is 0 Å². The third kappa shape index (κ3) is 3.73. The SMILES string of the molecule is CSC(=Nc1ccccc1Oc1cccnc1)NC#N. The first-order chi connectivity index (χ1) is 9.83. The normalized spacial score (nSPS) is 10.7. The van der Waals surface area contributed by atoms with Gasteiger partial charge in [0.1, 0.15) is 11.4 Å². The molecule has 0 aliphatic rings. The fraction of sp³-hybridized carbons (Fsp3) is 0.0714. The summed E-state index contributed by atoms with van der Waals surface area (Å²) in [5.41, 5.74) is 0.642. The van der Waals surface area contributed by atoms with E-state index in [1.165, 1.54) is 11.8 Å². The Kier molecular flexibility index (Phi) is 4.98. The Morgan fingerprint density at radius 1 is 1.35 bits per heavy atom. The fourth-order valence-electron chi connectivity index (χ4n) is 1.45. The monoisotopic (exact) mass is 284 g/mol. The van der Waals surface area contributed by atoms with Crippen molar-refractivity contribution in [3.05, 3.63) is 48.8 Å². The lowest BCUT2D eigenvalue weighted by Crippen LogP contribution is -2.12. The molecule has 0 radical (unpaired) electrons. The molecule has 1 heterocycles. The Hall–Kier alpha value is -2.52. The van der Waals surface area contributed by atoms with E-state index in [4.69, 9.17) is 10.00 Å². The van der Waals surface area contributed by atoms with Crippen molar-refractivity contribution in [3.8, 4) is 17.7 Å². The molecule has 2 rings (SSSR count). The second kappa shape index (κ2) is 7.16. The van der Waals surface area contributed by atoms with Gasteiger partial charge < -0.3 is 4.74 Å². The number of nitriles is 1. The van der Waals surface area contributed by atoms with Gasteiger partial charge in [0, 0.05) is 6.20 Å². The van der Waals surface area contributed by atoms with Gasteiger partial charge in [-0.2, -0.15) is 5.26 Å². The summed E-state index contributed by atoms with van der Waals surface area (Å²) in [7, 11) is 0. The van der Waals surface area contributed by atoms with Crippen molar-refractivity contribution >= 4 is 22.6 Å². The first-order valence-corrected chi connectivity index (χ1v) is 7.00. The number of aromatic nitrogens is 1. The molecule has 0 aliphatic heterocycles. The number of amidine groups is 1. The molecule has 1 aromatic heterocycles. The van der Waals surface area contributed by atoms with Crippen molar-refractivity contribution < 1.29 is 4.74 Å². The maximum atomic E-state index is 8.66. The first-order valence-electron chi connectivity index (χ1n) is 5.78. The molecule has 0 amide bonds. The molecule has 0 atom stereocenters. The first kappa shape index (κ1) is 13.9. The van der Waals surface area contributed by atoms with Gasteiger partial charge >= 0.3 is 0 Å². The number of pyridine rings is 1. The molecule has 6 heteroatoms. The van der Waals surface area contributed by atoms with Gasteiger partial charge in [-0.1, -0.05) is 23.9 Å². The number of hydrogen-bond acceptors (Lipinski definition) is 5. The predicted octanol–water partition coefficient (Wildman–Crippen LogP) is 3.30. The van der Waals surface area contributed by atoms with E-state index in [2.05, 4.69) is 15.3 Å². The summed E-state index contributed by atoms with van der Waals surface area (Å²) in [6, 6.07) is 11.0. The number of hydrogen-bond donors (Lipinski definition) is 1. The van der Waals surface area contributed by atoms with Crippen LogP contribution in [-0.4, -0.2) is 16.4 Å². The van der Waals surface area contributed by atoms with Crippen molar-refractivity contribution in [2.45, 2.75) is 0 Å². The van der Waals surface area contributed by atoms with Crippen molar-refractivity contribution in [3.63, 3.8) is 0 Å². The highest BCUT2D eigenvalue weighted by Crippen LogP contribution is 2.31. The molecule has 0 fully saturated rings. The highest BCUT2D eigenvalue weighted by molar-refractivity contribution is 8.13. The fourth-order valence-corrected chi connectivity index (χ4v) is 1.79. The number of nitrogens with zero attached hydrogens (tertiary/aromatic N) is 3. The van der Waals surface area contributed by atoms with Gasteiger partial charge in [0.15, 0.2) is 17.1 Å². The van der Waals surface area contributed by atoms with E-state index >= 15 is 0 Å². The minimum atomic E-state index is 0.509. The van der Waals surface area contributed by atoms with Crippen LogP contribution in [0.5, 0.6) is 11.5 Å². The van der Waals surface area contributed by atoms with Gasteiger partial charge in [-0.25, -0.2) is 4.99 Å². The molecule has 1 aromatic carbocycles. The van der Waals surface area contributed by atoms with Crippen LogP contribution in [0.3, 0.4) is 0 Å². The van der Waals surface area contributed by atoms with Crippen molar-refractivity contribution in [1.29, 1.82) is 5.26 Å². The molecule has 0 aliphatic carbocycles. The largest absolute Gasteiger partial charge is 0.453 e. The van der Waals surface area contributed by atoms with Crippen LogP contribution in [0.25, 0.3) is 0 Å². The smallest absolute Gasteiger partial charge is 0.183 e. The predicted molar refractivity (Wildman–Crippen MR) is 80.1 cm³/mol. The van der Waals surface area contributed by atoms with E-state index in [0.717, 1.165) is 0 Å². The Bertz CT molecular complexity index is 637. The van der Waals surface area contributed by atoms with Gasteiger partial charge in [-0.15, -0.1) is 0 Å². The summed E-state index contributed by atoms with van der Waals surface area (Å²) in [5, 5.41) is 11.7. The maximum absolute atomic E-state index is 8.66. The van der Waals surface area contributed by atoms with Crippen LogP contribution < -0.4 is 10.1 Å². The number of benzene rings is 1. The summed E-state index contributed by atoms with van der Waals surface area (Å²) in [6.07, 6.45) is 7.01. The van der Waals surface area contributed by atoms with E-state index in [9.17, 15) is 0 Å². The van der Waals surface area contributed by atoms with Crippen molar-refractivity contribution in [2.75, 3.05) is 6.26 Å². The number of thioether (sulfide) groups is 1. The zero-order chi connectivity index (χ0) is 14.2. The van der Waals surface area contributed by atoms with Crippen LogP contribution in [-0.2, 0) is 0 Å². The highest BCUT2D eigenvalue weighted by atomic mass is 32.2. The lowest BCUT2D eigenvalue weighted by atomic mass is 10.3. The van der Waals surface area contributed by atoms with E-state index in [0.29, 0.717) is 22.4 Å². The van der Waals surface area contributed by atoms with Gasteiger partial charge in [0.05, 0.1) is 6.20 Å². The molecule has 0 saturated carbocycles. The van der Waals surface area contributed by atoms with Crippen LogP contribution in [0.15, 0.2) is 53.8 Å². The lowest BCUT2D eigenvalue weighted by Gasteiger charge is -2.08. The van der Waals surface area contributed by atoms with E-state index in [-0.39, 0.29) is 0 Å². The Morgan fingerprint density at radius 3 is 2.90 bits per heavy atom. The standard InChI is InChI=1S/C14H12N4OS/c1-20-14(17-10-15)18-12-6-2-3-7-13(12)19-11-5-4-8-16-9-11/h2-9H,1H3,(H,17,18). The number of ether oxygens (including phenoxy) is 1. The van der Waals surface area contributed by atoms with Gasteiger partial charge in [0.2, 0.25) is 0 Å². The van der Waals surface area contributed by atoms with E-state index in [1.807, 2.05) is 42.8 Å². The Labute approximate surface area is 121 Å². The molecule has 0 unspecified atom stereocenters. The number of nitrogens with one attached hydrogen (secondary N) is 1. The third-order valence-electron chi connectivity index (χ3n) is 2.31. The molecule has 0 spiro atoms. The zero-order valence-electron chi connectivity index (χ0n) is 10.8. The molecule has 20 heavy (non-hydrogen) atoms. The van der Waals surface area contributed by atoms with Gasteiger partial charge in [-0.05, 0) is 30.5 Å². The van der Waals surface area contributed by atoms with Crippen LogP contribution in [0.1, 0.15) is 0 Å². The second-order valence-corrected chi connectivity index (χ2v) is 4.41. The van der Waals surface area contributed by atoms with E-state index < -0.39 is 0 Å². The average Bonchev–Trinajstić information content (AvgIpc) is 2.49.